The third kappa shape index (κ3) is 5.75. The molecule has 12 aromatic rings. The van der Waals surface area contributed by atoms with E-state index in [4.69, 9.17) is 9.47 Å². The molecule has 0 radical (unpaired) electrons. The summed E-state index contributed by atoms with van der Waals surface area (Å²) >= 11 is 0. The van der Waals surface area contributed by atoms with Crippen LogP contribution in [0.2, 0.25) is 0 Å². The highest BCUT2D eigenvalue weighted by atomic mass is 16.5. The SMILES string of the molecule is c1ccc(-c2ccc(-c3ccccc3N(c3ccc4c(c3)-c3c(ccc5ccccc35)C43c4ccccc4Oc4ccccc43)c3ccc4c(c3)C3(c5ccccc5Oc5ccccc53)c3ccccc3-4)cc2)cc1. The van der Waals surface area contributed by atoms with Gasteiger partial charge in [-0.2, -0.15) is 0 Å². The fourth-order valence-corrected chi connectivity index (χ4v) is 13.6. The molecule has 3 heteroatoms. The Morgan fingerprint density at radius 1 is 0.267 bits per heavy atom. The van der Waals surface area contributed by atoms with Gasteiger partial charge >= 0.3 is 0 Å². The molecule has 0 amide bonds. The standard InChI is InChI=1S/C72H45NO2/c1-2-18-46(19-3-1)47-34-36-49(37-35-47)52-21-7-13-29-65(52)73(51-39-41-55-54-23-6-8-24-57(54)72(64(55)45-51)61-27-11-16-32-68(61)75-69-33-17-12-28-62(69)72)50-40-43-58-56(44-50)70-53-22-5-4-20-48(53)38-42-63(70)71(58)59-25-9-14-30-66(59)74-67-31-15-10-26-60(67)71/h1-45H. The van der Waals surface area contributed by atoms with Gasteiger partial charge in [0.1, 0.15) is 23.0 Å². The molecular formula is C72H45NO2. The Hall–Kier alpha value is -9.70. The molecule has 4 aliphatic rings. The van der Waals surface area contributed by atoms with Crippen LogP contribution in [0.4, 0.5) is 17.1 Å². The zero-order valence-corrected chi connectivity index (χ0v) is 40.7. The molecule has 0 N–H and O–H groups in total. The number of nitrogens with zero attached hydrogens (tertiary/aromatic N) is 1. The summed E-state index contributed by atoms with van der Waals surface area (Å²) in [5.41, 5.74) is 21.1. The van der Waals surface area contributed by atoms with E-state index in [1.54, 1.807) is 0 Å². The molecule has 2 heterocycles. The molecule has 12 aromatic carbocycles. The Balaban J connectivity index is 0.982. The molecule has 0 aromatic heterocycles. The van der Waals surface area contributed by atoms with Gasteiger partial charge in [-0.25, -0.2) is 0 Å². The molecular weight excluding hydrogens is 911 g/mol. The molecule has 2 aliphatic carbocycles. The lowest BCUT2D eigenvalue weighted by atomic mass is 9.66. The van der Waals surface area contributed by atoms with E-state index in [9.17, 15) is 0 Å². The molecule has 0 bridgehead atoms. The van der Waals surface area contributed by atoms with E-state index in [0.717, 1.165) is 73.4 Å². The minimum absolute atomic E-state index is 0.628. The van der Waals surface area contributed by atoms with E-state index >= 15 is 0 Å². The first-order valence-corrected chi connectivity index (χ1v) is 25.9. The summed E-state index contributed by atoms with van der Waals surface area (Å²) in [6, 6.07) is 100. The van der Waals surface area contributed by atoms with Gasteiger partial charge in [0.05, 0.1) is 16.5 Å². The maximum atomic E-state index is 6.79. The highest BCUT2D eigenvalue weighted by Crippen LogP contribution is 2.65. The van der Waals surface area contributed by atoms with Crippen LogP contribution in [-0.4, -0.2) is 0 Å². The molecule has 3 nitrogen and oxygen atoms in total. The number of ether oxygens (including phenoxy) is 2. The number of anilines is 3. The van der Waals surface area contributed by atoms with Gasteiger partial charge in [0.15, 0.2) is 0 Å². The van der Waals surface area contributed by atoms with Gasteiger partial charge in [-0.15, -0.1) is 0 Å². The van der Waals surface area contributed by atoms with Crippen LogP contribution in [0.1, 0.15) is 44.5 Å². The Morgan fingerprint density at radius 2 is 0.720 bits per heavy atom. The van der Waals surface area contributed by atoms with Crippen molar-refractivity contribution in [1.29, 1.82) is 0 Å². The summed E-state index contributed by atoms with van der Waals surface area (Å²) in [5.74, 6) is 3.51. The van der Waals surface area contributed by atoms with E-state index in [-0.39, 0.29) is 0 Å². The Morgan fingerprint density at radius 3 is 1.39 bits per heavy atom. The largest absolute Gasteiger partial charge is 0.457 e. The highest BCUT2D eigenvalue weighted by molar-refractivity contribution is 6.06. The molecule has 0 unspecified atom stereocenters. The molecule has 0 atom stereocenters. The van der Waals surface area contributed by atoms with Gasteiger partial charge in [0.2, 0.25) is 0 Å². The van der Waals surface area contributed by atoms with Crippen LogP contribution in [0.3, 0.4) is 0 Å². The normalized spacial score (nSPS) is 14.0. The Bertz CT molecular complexity index is 4230. The lowest BCUT2D eigenvalue weighted by Crippen LogP contribution is -2.32. The quantitative estimate of drug-likeness (QED) is 0.172. The summed E-state index contributed by atoms with van der Waals surface area (Å²) in [4.78, 5) is 2.51. The van der Waals surface area contributed by atoms with Crippen molar-refractivity contribution in [3.8, 4) is 67.5 Å². The van der Waals surface area contributed by atoms with Crippen LogP contribution < -0.4 is 14.4 Å². The molecule has 75 heavy (non-hydrogen) atoms. The first-order chi connectivity index (χ1) is 37.2. The summed E-state index contributed by atoms with van der Waals surface area (Å²) in [7, 11) is 0. The Labute approximate surface area is 435 Å². The second kappa shape index (κ2) is 15.9. The lowest BCUT2D eigenvalue weighted by Gasteiger charge is -2.40. The van der Waals surface area contributed by atoms with E-state index < -0.39 is 10.8 Å². The zero-order valence-electron chi connectivity index (χ0n) is 40.7. The Kier molecular flexibility index (Phi) is 8.88. The molecule has 0 saturated heterocycles. The predicted molar refractivity (Wildman–Crippen MR) is 304 cm³/mol. The van der Waals surface area contributed by atoms with Crippen LogP contribution >= 0.6 is 0 Å². The molecule has 2 spiro atoms. The third-order valence-electron chi connectivity index (χ3n) is 16.6. The van der Waals surface area contributed by atoms with Crippen molar-refractivity contribution >= 4 is 27.8 Å². The number of para-hydroxylation sites is 5. The fraction of sp³-hybridized carbons (Fsp3) is 0.0278. The minimum atomic E-state index is -0.641. The van der Waals surface area contributed by atoms with Crippen molar-refractivity contribution in [2.24, 2.45) is 0 Å². The van der Waals surface area contributed by atoms with Crippen LogP contribution in [-0.2, 0) is 10.8 Å². The van der Waals surface area contributed by atoms with E-state index in [1.807, 2.05) is 0 Å². The third-order valence-corrected chi connectivity index (χ3v) is 16.6. The molecule has 16 rings (SSSR count). The number of benzene rings is 12. The van der Waals surface area contributed by atoms with Crippen molar-refractivity contribution in [3.05, 3.63) is 317 Å². The minimum Gasteiger partial charge on any atom is -0.457 e. The van der Waals surface area contributed by atoms with Crippen molar-refractivity contribution in [3.63, 3.8) is 0 Å². The van der Waals surface area contributed by atoms with Crippen molar-refractivity contribution in [1.82, 2.24) is 0 Å². The molecule has 0 fully saturated rings. The summed E-state index contributed by atoms with van der Waals surface area (Å²) in [5, 5.41) is 2.44. The van der Waals surface area contributed by atoms with Gasteiger partial charge < -0.3 is 14.4 Å². The van der Waals surface area contributed by atoms with Gasteiger partial charge in [-0.05, 0) is 127 Å². The first kappa shape index (κ1) is 41.9. The van der Waals surface area contributed by atoms with Crippen molar-refractivity contribution < 1.29 is 9.47 Å². The second-order valence-corrected chi connectivity index (χ2v) is 20.2. The maximum absolute atomic E-state index is 6.79. The number of hydrogen-bond donors (Lipinski definition) is 0. The second-order valence-electron chi connectivity index (χ2n) is 20.2. The topological polar surface area (TPSA) is 21.7 Å². The maximum Gasteiger partial charge on any atom is 0.132 e. The van der Waals surface area contributed by atoms with E-state index in [2.05, 4.69) is 278 Å². The van der Waals surface area contributed by atoms with Gasteiger partial charge in [-0.1, -0.05) is 218 Å². The predicted octanol–water partition coefficient (Wildman–Crippen LogP) is 18.6. The van der Waals surface area contributed by atoms with Crippen LogP contribution in [0.15, 0.2) is 273 Å². The van der Waals surface area contributed by atoms with E-state index in [0.29, 0.717) is 0 Å². The van der Waals surface area contributed by atoms with Crippen LogP contribution in [0, 0.1) is 0 Å². The smallest absolute Gasteiger partial charge is 0.132 e. The fourth-order valence-electron chi connectivity index (χ4n) is 13.6. The summed E-state index contributed by atoms with van der Waals surface area (Å²) in [6.45, 7) is 0. The number of hydrogen-bond acceptors (Lipinski definition) is 3. The van der Waals surface area contributed by atoms with Crippen LogP contribution in [0.5, 0.6) is 23.0 Å². The zero-order chi connectivity index (χ0) is 49.2. The summed E-state index contributed by atoms with van der Waals surface area (Å²) < 4.78 is 13.6. The summed E-state index contributed by atoms with van der Waals surface area (Å²) in [6.07, 6.45) is 0. The first-order valence-electron chi connectivity index (χ1n) is 25.9. The van der Waals surface area contributed by atoms with E-state index in [1.165, 1.54) is 66.4 Å². The average Bonchev–Trinajstić information content (AvgIpc) is 4.14. The van der Waals surface area contributed by atoms with Gasteiger partial charge in [0, 0.05) is 39.2 Å². The average molecular weight is 956 g/mol. The lowest BCUT2D eigenvalue weighted by molar-refractivity contribution is 0.436. The van der Waals surface area contributed by atoms with Crippen LogP contribution in [0.25, 0.3) is 55.3 Å². The highest BCUT2D eigenvalue weighted by Gasteiger charge is 2.53. The van der Waals surface area contributed by atoms with Crippen molar-refractivity contribution in [2.75, 3.05) is 4.90 Å². The monoisotopic (exact) mass is 955 g/mol. The molecule has 2 aliphatic heterocycles. The van der Waals surface area contributed by atoms with Gasteiger partial charge in [-0.3, -0.25) is 0 Å². The number of fused-ring (bicyclic) bond motifs is 20. The van der Waals surface area contributed by atoms with Crippen molar-refractivity contribution in [2.45, 2.75) is 10.8 Å². The van der Waals surface area contributed by atoms with Gasteiger partial charge in [0.25, 0.3) is 0 Å². The molecule has 0 saturated carbocycles. The number of rotatable bonds is 5. The molecule has 350 valence electrons.